The minimum atomic E-state index is 0.485. The average Bonchev–Trinajstić information content (AvgIpc) is 2.61. The number of aromatic nitrogens is 4. The Balaban J connectivity index is 2.64. The van der Waals surface area contributed by atoms with Crippen molar-refractivity contribution in [3.63, 3.8) is 0 Å². The third-order valence-corrected chi connectivity index (χ3v) is 2.45. The van der Waals surface area contributed by atoms with Crippen LogP contribution in [0.25, 0.3) is 5.65 Å². The number of fused-ring (bicyclic) bond motifs is 1. The Kier molecular flexibility index (Phi) is 2.86. The molecule has 0 aliphatic carbocycles. The fraction of sp³-hybridized carbons (Fsp3) is 0.444. The molecule has 0 radical (unpaired) electrons. The molecule has 0 aliphatic heterocycles. The van der Waals surface area contributed by atoms with Gasteiger partial charge in [-0.25, -0.2) is 4.98 Å². The van der Waals surface area contributed by atoms with Crippen LogP contribution in [0, 0.1) is 0 Å². The molecule has 0 spiro atoms. The van der Waals surface area contributed by atoms with Gasteiger partial charge >= 0.3 is 0 Å². The minimum Gasteiger partial charge on any atom is -0.478 e. The van der Waals surface area contributed by atoms with E-state index in [0.29, 0.717) is 16.1 Å². The quantitative estimate of drug-likeness (QED) is 0.854. The number of rotatable bonds is 3. The highest BCUT2D eigenvalue weighted by Crippen LogP contribution is 2.19. The second-order valence-electron chi connectivity index (χ2n) is 3.13. The molecular weight excluding hydrogens is 260 g/mol. The van der Waals surface area contributed by atoms with Gasteiger partial charge in [0.25, 0.3) is 5.88 Å². The molecule has 0 amide bonds. The molecule has 0 aromatic carbocycles. The molecule has 0 unspecified atom stereocenters. The summed E-state index contributed by atoms with van der Waals surface area (Å²) in [6, 6.07) is 0. The molecule has 0 N–H and O–H groups in total. The van der Waals surface area contributed by atoms with Crippen LogP contribution in [0.5, 0.6) is 5.88 Å². The smallest absolute Gasteiger partial charge is 0.261 e. The first-order valence-corrected chi connectivity index (χ1v) is 5.49. The van der Waals surface area contributed by atoms with E-state index in [1.54, 1.807) is 7.11 Å². The van der Waals surface area contributed by atoms with Crippen LogP contribution >= 0.6 is 15.9 Å². The lowest BCUT2D eigenvalue weighted by Crippen LogP contribution is -1.98. The summed E-state index contributed by atoms with van der Waals surface area (Å²) in [4.78, 5) is 4.16. The summed E-state index contributed by atoms with van der Waals surface area (Å²) in [5.41, 5.74) is 0.657. The summed E-state index contributed by atoms with van der Waals surface area (Å²) in [6.45, 7) is 2.11. The molecule has 2 rings (SSSR count). The van der Waals surface area contributed by atoms with Gasteiger partial charge in [0.05, 0.1) is 7.11 Å². The molecule has 0 fully saturated rings. The zero-order valence-corrected chi connectivity index (χ0v) is 10.2. The first-order valence-electron chi connectivity index (χ1n) is 4.70. The Hall–Kier alpha value is -1.17. The minimum absolute atomic E-state index is 0.485. The second kappa shape index (κ2) is 4.14. The van der Waals surface area contributed by atoms with Crippen molar-refractivity contribution in [2.45, 2.75) is 19.8 Å². The van der Waals surface area contributed by atoms with E-state index in [9.17, 15) is 0 Å². The maximum absolute atomic E-state index is 5.14. The van der Waals surface area contributed by atoms with E-state index in [-0.39, 0.29) is 0 Å². The van der Waals surface area contributed by atoms with Gasteiger partial charge in [-0.1, -0.05) is 6.92 Å². The summed E-state index contributed by atoms with van der Waals surface area (Å²) in [6.07, 6.45) is 3.77. The summed E-state index contributed by atoms with van der Waals surface area (Å²) in [5, 5.41) is 8.16. The Bertz CT molecular complexity index is 482. The predicted octanol–water partition coefficient (Wildman–Crippen LogP) is 1.85. The van der Waals surface area contributed by atoms with Crippen LogP contribution in [0.1, 0.15) is 19.2 Å². The van der Waals surface area contributed by atoms with Crippen molar-refractivity contribution in [2.24, 2.45) is 0 Å². The van der Waals surface area contributed by atoms with Crippen molar-refractivity contribution in [3.05, 3.63) is 16.6 Å². The van der Waals surface area contributed by atoms with Gasteiger partial charge in [-0.05, 0) is 22.4 Å². The number of aryl methyl sites for hydroxylation is 1. The third-order valence-electron chi connectivity index (χ3n) is 2.07. The highest BCUT2D eigenvalue weighted by molar-refractivity contribution is 9.10. The second-order valence-corrected chi connectivity index (χ2v) is 3.95. The monoisotopic (exact) mass is 270 g/mol. The molecule has 2 aromatic rings. The van der Waals surface area contributed by atoms with Gasteiger partial charge in [0.1, 0.15) is 10.4 Å². The first-order chi connectivity index (χ1) is 7.26. The van der Waals surface area contributed by atoms with Crippen LogP contribution in [0.15, 0.2) is 10.8 Å². The molecule has 0 atom stereocenters. The number of methoxy groups -OCH3 is 1. The Morgan fingerprint density at radius 1 is 1.47 bits per heavy atom. The molecule has 0 bridgehead atoms. The largest absolute Gasteiger partial charge is 0.478 e. The van der Waals surface area contributed by atoms with Crippen LogP contribution in [-0.4, -0.2) is 26.7 Å². The maximum atomic E-state index is 5.14. The molecule has 6 heteroatoms. The molecule has 0 aliphatic rings. The zero-order valence-electron chi connectivity index (χ0n) is 8.57. The molecular formula is C9H11BrN4O. The molecule has 2 aromatic heterocycles. The van der Waals surface area contributed by atoms with E-state index in [1.165, 1.54) is 0 Å². The SMILES string of the molecule is CCCc1nnc2c(OC)nc(Br)cn12. The standard InChI is InChI=1S/C9H11BrN4O/c1-3-4-7-12-13-8-9(15-2)11-6(10)5-14(7)8/h5H,3-4H2,1-2H3. The fourth-order valence-electron chi connectivity index (χ4n) is 1.42. The van der Waals surface area contributed by atoms with E-state index in [1.807, 2.05) is 10.6 Å². The summed E-state index contributed by atoms with van der Waals surface area (Å²) in [7, 11) is 1.57. The van der Waals surface area contributed by atoms with Gasteiger partial charge in [0.15, 0.2) is 0 Å². The third kappa shape index (κ3) is 1.81. The van der Waals surface area contributed by atoms with Crippen LogP contribution in [-0.2, 0) is 6.42 Å². The fourth-order valence-corrected chi connectivity index (χ4v) is 1.78. The van der Waals surface area contributed by atoms with Gasteiger partial charge in [0, 0.05) is 12.6 Å². The Labute approximate surface area is 95.6 Å². The lowest BCUT2D eigenvalue weighted by Gasteiger charge is -2.02. The van der Waals surface area contributed by atoms with Crippen molar-refractivity contribution < 1.29 is 4.74 Å². The van der Waals surface area contributed by atoms with Crippen LogP contribution in [0.2, 0.25) is 0 Å². The number of hydrogen-bond acceptors (Lipinski definition) is 4. The number of nitrogens with zero attached hydrogens (tertiary/aromatic N) is 4. The Morgan fingerprint density at radius 3 is 2.93 bits per heavy atom. The molecule has 0 saturated carbocycles. The number of halogens is 1. The summed E-state index contributed by atoms with van der Waals surface area (Å²) in [5.74, 6) is 1.41. The van der Waals surface area contributed by atoms with Gasteiger partial charge in [-0.2, -0.15) is 0 Å². The average molecular weight is 271 g/mol. The van der Waals surface area contributed by atoms with Crippen molar-refractivity contribution in [3.8, 4) is 5.88 Å². The highest BCUT2D eigenvalue weighted by Gasteiger charge is 2.11. The normalized spacial score (nSPS) is 10.9. The van der Waals surface area contributed by atoms with E-state index in [0.717, 1.165) is 18.7 Å². The van der Waals surface area contributed by atoms with Crippen molar-refractivity contribution >= 4 is 21.6 Å². The van der Waals surface area contributed by atoms with Crippen molar-refractivity contribution in [1.29, 1.82) is 0 Å². The summed E-state index contributed by atoms with van der Waals surface area (Å²) < 4.78 is 7.75. The summed E-state index contributed by atoms with van der Waals surface area (Å²) >= 11 is 3.33. The lowest BCUT2D eigenvalue weighted by molar-refractivity contribution is 0.399. The topological polar surface area (TPSA) is 52.3 Å². The van der Waals surface area contributed by atoms with E-state index >= 15 is 0 Å². The van der Waals surface area contributed by atoms with Crippen molar-refractivity contribution in [1.82, 2.24) is 19.6 Å². The maximum Gasteiger partial charge on any atom is 0.261 e. The van der Waals surface area contributed by atoms with Crippen LogP contribution in [0.3, 0.4) is 0 Å². The van der Waals surface area contributed by atoms with Crippen LogP contribution < -0.4 is 4.74 Å². The Morgan fingerprint density at radius 2 is 2.27 bits per heavy atom. The molecule has 80 valence electrons. The van der Waals surface area contributed by atoms with Gasteiger partial charge in [0.2, 0.25) is 5.65 Å². The number of hydrogen-bond donors (Lipinski definition) is 0. The lowest BCUT2D eigenvalue weighted by atomic mass is 10.3. The highest BCUT2D eigenvalue weighted by atomic mass is 79.9. The van der Waals surface area contributed by atoms with Gasteiger partial charge in [-0.15, -0.1) is 10.2 Å². The van der Waals surface area contributed by atoms with Gasteiger partial charge < -0.3 is 4.74 Å². The van der Waals surface area contributed by atoms with Gasteiger partial charge in [-0.3, -0.25) is 4.40 Å². The van der Waals surface area contributed by atoms with E-state index < -0.39 is 0 Å². The first kappa shape index (κ1) is 10.4. The molecule has 15 heavy (non-hydrogen) atoms. The van der Waals surface area contributed by atoms with E-state index in [2.05, 4.69) is 38.0 Å². The van der Waals surface area contributed by atoms with E-state index in [4.69, 9.17) is 4.74 Å². The molecule has 0 saturated heterocycles. The predicted molar refractivity (Wildman–Crippen MR) is 59.0 cm³/mol. The van der Waals surface area contributed by atoms with Crippen LogP contribution in [0.4, 0.5) is 0 Å². The number of ether oxygens (including phenoxy) is 1. The van der Waals surface area contributed by atoms with Crippen molar-refractivity contribution in [2.75, 3.05) is 7.11 Å². The molecule has 2 heterocycles. The molecule has 5 nitrogen and oxygen atoms in total. The zero-order chi connectivity index (χ0) is 10.8.